The normalized spacial score (nSPS) is 10.3. The molecule has 2 aromatic heterocycles. The van der Waals surface area contributed by atoms with Crippen molar-refractivity contribution in [3.8, 4) is 0 Å². The van der Waals surface area contributed by atoms with Crippen LogP contribution in [-0.4, -0.2) is 15.9 Å². The van der Waals surface area contributed by atoms with Crippen molar-refractivity contribution in [2.45, 2.75) is 13.8 Å². The molecule has 0 saturated heterocycles. The Morgan fingerprint density at radius 2 is 2.09 bits per heavy atom. The van der Waals surface area contributed by atoms with E-state index in [9.17, 15) is 4.79 Å². The molecule has 2 heterocycles. The SMILES string of the molecule is Cc1ccc(Nc2nc(C(=O)Nc3cccnc3)cs2)c(C)c1. The van der Waals surface area contributed by atoms with Crippen molar-refractivity contribution < 1.29 is 4.79 Å². The summed E-state index contributed by atoms with van der Waals surface area (Å²) in [6.07, 6.45) is 3.25. The van der Waals surface area contributed by atoms with Crippen LogP contribution in [0.4, 0.5) is 16.5 Å². The molecule has 0 unspecified atom stereocenters. The van der Waals surface area contributed by atoms with Gasteiger partial charge in [-0.2, -0.15) is 0 Å². The maximum atomic E-state index is 12.2. The van der Waals surface area contributed by atoms with Crippen LogP contribution in [0, 0.1) is 13.8 Å². The second-order valence-electron chi connectivity index (χ2n) is 5.18. The highest BCUT2D eigenvalue weighted by molar-refractivity contribution is 7.14. The molecule has 23 heavy (non-hydrogen) atoms. The molecule has 6 heteroatoms. The second-order valence-corrected chi connectivity index (χ2v) is 6.04. The predicted octanol–water partition coefficient (Wildman–Crippen LogP) is 4.15. The molecule has 0 bridgehead atoms. The van der Waals surface area contributed by atoms with Gasteiger partial charge in [0.1, 0.15) is 5.69 Å². The molecule has 0 aliphatic carbocycles. The Kier molecular flexibility index (Phi) is 4.34. The first kappa shape index (κ1) is 15.2. The van der Waals surface area contributed by atoms with E-state index in [0.29, 0.717) is 16.5 Å². The molecule has 1 aromatic carbocycles. The highest BCUT2D eigenvalue weighted by Crippen LogP contribution is 2.24. The summed E-state index contributed by atoms with van der Waals surface area (Å²) in [6, 6.07) is 9.71. The lowest BCUT2D eigenvalue weighted by Crippen LogP contribution is -2.12. The molecule has 0 radical (unpaired) electrons. The van der Waals surface area contributed by atoms with Gasteiger partial charge in [-0.25, -0.2) is 4.98 Å². The van der Waals surface area contributed by atoms with Crippen molar-refractivity contribution in [3.05, 3.63) is 64.9 Å². The second kappa shape index (κ2) is 6.58. The third-order valence-corrected chi connectivity index (χ3v) is 4.04. The van der Waals surface area contributed by atoms with E-state index in [4.69, 9.17) is 0 Å². The van der Waals surface area contributed by atoms with E-state index in [-0.39, 0.29) is 5.91 Å². The average molecular weight is 324 g/mol. The molecule has 3 aromatic rings. The Morgan fingerprint density at radius 1 is 1.22 bits per heavy atom. The lowest BCUT2D eigenvalue weighted by atomic mass is 10.1. The van der Waals surface area contributed by atoms with Gasteiger partial charge in [0.25, 0.3) is 5.91 Å². The van der Waals surface area contributed by atoms with Gasteiger partial charge in [-0.15, -0.1) is 11.3 Å². The monoisotopic (exact) mass is 324 g/mol. The zero-order chi connectivity index (χ0) is 16.2. The molecule has 0 aliphatic rings. The summed E-state index contributed by atoms with van der Waals surface area (Å²) in [6.45, 7) is 4.10. The van der Waals surface area contributed by atoms with Crippen molar-refractivity contribution in [1.82, 2.24) is 9.97 Å². The zero-order valence-corrected chi connectivity index (χ0v) is 13.6. The fourth-order valence-corrected chi connectivity index (χ4v) is 2.84. The maximum Gasteiger partial charge on any atom is 0.275 e. The number of carbonyl (C=O) groups is 1. The van der Waals surface area contributed by atoms with Gasteiger partial charge in [0.15, 0.2) is 5.13 Å². The minimum absolute atomic E-state index is 0.247. The Hall–Kier alpha value is -2.73. The number of hydrogen-bond acceptors (Lipinski definition) is 5. The first-order valence-corrected chi connectivity index (χ1v) is 8.01. The molecule has 0 aliphatic heterocycles. The third kappa shape index (κ3) is 3.73. The number of aromatic nitrogens is 2. The fourth-order valence-electron chi connectivity index (χ4n) is 2.14. The molecular formula is C17H16N4OS. The quantitative estimate of drug-likeness (QED) is 0.756. The first-order valence-electron chi connectivity index (χ1n) is 7.13. The van der Waals surface area contributed by atoms with E-state index in [1.165, 1.54) is 16.9 Å². The number of rotatable bonds is 4. The van der Waals surface area contributed by atoms with Crippen LogP contribution in [-0.2, 0) is 0 Å². The summed E-state index contributed by atoms with van der Waals surface area (Å²) in [4.78, 5) is 20.5. The lowest BCUT2D eigenvalue weighted by Gasteiger charge is -2.07. The van der Waals surface area contributed by atoms with Crippen LogP contribution in [0.3, 0.4) is 0 Å². The number of carbonyl (C=O) groups excluding carboxylic acids is 1. The minimum Gasteiger partial charge on any atom is -0.331 e. The summed E-state index contributed by atoms with van der Waals surface area (Å²) in [5.41, 5.74) is 4.37. The lowest BCUT2D eigenvalue weighted by molar-refractivity contribution is 0.102. The van der Waals surface area contributed by atoms with Crippen LogP contribution in [0.2, 0.25) is 0 Å². The molecule has 0 spiro atoms. The summed E-state index contributed by atoms with van der Waals surface area (Å²) in [5.74, 6) is -0.247. The molecule has 0 saturated carbocycles. The third-order valence-electron chi connectivity index (χ3n) is 3.28. The molecule has 116 valence electrons. The summed E-state index contributed by atoms with van der Waals surface area (Å²) < 4.78 is 0. The van der Waals surface area contributed by atoms with Gasteiger partial charge in [0.05, 0.1) is 11.9 Å². The number of nitrogens with zero attached hydrogens (tertiary/aromatic N) is 2. The molecule has 1 amide bonds. The molecule has 3 rings (SSSR count). The number of hydrogen-bond donors (Lipinski definition) is 2. The molecule has 0 fully saturated rings. The van der Waals surface area contributed by atoms with E-state index in [1.807, 2.05) is 19.1 Å². The van der Waals surface area contributed by atoms with Crippen LogP contribution in [0.5, 0.6) is 0 Å². The average Bonchev–Trinajstić information content (AvgIpc) is 3.00. The highest BCUT2D eigenvalue weighted by atomic mass is 32.1. The van der Waals surface area contributed by atoms with Crippen LogP contribution < -0.4 is 10.6 Å². The van der Waals surface area contributed by atoms with Gasteiger partial charge in [-0.3, -0.25) is 9.78 Å². The Labute approximate surface area is 138 Å². The van der Waals surface area contributed by atoms with Gasteiger partial charge >= 0.3 is 0 Å². The van der Waals surface area contributed by atoms with Crippen molar-refractivity contribution in [2.75, 3.05) is 10.6 Å². The number of anilines is 3. The zero-order valence-electron chi connectivity index (χ0n) is 12.8. The predicted molar refractivity (Wildman–Crippen MR) is 93.5 cm³/mol. The molecule has 2 N–H and O–H groups in total. The number of aryl methyl sites for hydroxylation is 2. The molecule has 0 atom stereocenters. The number of pyridine rings is 1. The van der Waals surface area contributed by atoms with Crippen LogP contribution in [0.25, 0.3) is 0 Å². The smallest absolute Gasteiger partial charge is 0.275 e. The van der Waals surface area contributed by atoms with Gasteiger partial charge in [-0.1, -0.05) is 17.7 Å². The molecular weight excluding hydrogens is 308 g/mol. The highest BCUT2D eigenvalue weighted by Gasteiger charge is 2.11. The largest absolute Gasteiger partial charge is 0.331 e. The van der Waals surface area contributed by atoms with Crippen molar-refractivity contribution in [3.63, 3.8) is 0 Å². The number of benzene rings is 1. The van der Waals surface area contributed by atoms with Crippen LogP contribution in [0.1, 0.15) is 21.6 Å². The van der Waals surface area contributed by atoms with E-state index >= 15 is 0 Å². The van der Waals surface area contributed by atoms with Gasteiger partial charge in [-0.05, 0) is 37.6 Å². The Bertz CT molecular complexity index is 830. The van der Waals surface area contributed by atoms with E-state index in [2.05, 4.69) is 33.6 Å². The van der Waals surface area contributed by atoms with Gasteiger partial charge in [0.2, 0.25) is 0 Å². The first-order chi connectivity index (χ1) is 11.1. The standard InChI is InChI=1S/C17H16N4OS/c1-11-5-6-14(12(2)8-11)20-17-21-15(10-23-17)16(22)19-13-4-3-7-18-9-13/h3-10H,1-2H3,(H,19,22)(H,20,21). The summed E-state index contributed by atoms with van der Waals surface area (Å²) >= 11 is 1.40. The minimum atomic E-state index is -0.247. The van der Waals surface area contributed by atoms with E-state index in [1.54, 1.807) is 29.9 Å². The van der Waals surface area contributed by atoms with Crippen LogP contribution >= 0.6 is 11.3 Å². The van der Waals surface area contributed by atoms with Crippen molar-refractivity contribution in [2.24, 2.45) is 0 Å². The molecule has 5 nitrogen and oxygen atoms in total. The van der Waals surface area contributed by atoms with Crippen LogP contribution in [0.15, 0.2) is 48.1 Å². The van der Waals surface area contributed by atoms with Gasteiger partial charge in [0, 0.05) is 17.3 Å². The number of nitrogens with one attached hydrogen (secondary N) is 2. The number of amides is 1. The van der Waals surface area contributed by atoms with E-state index in [0.717, 1.165) is 11.3 Å². The summed E-state index contributed by atoms with van der Waals surface area (Å²) in [7, 11) is 0. The fraction of sp³-hybridized carbons (Fsp3) is 0.118. The van der Waals surface area contributed by atoms with Crippen molar-refractivity contribution >= 4 is 33.8 Å². The number of thiazole rings is 1. The maximum absolute atomic E-state index is 12.2. The van der Waals surface area contributed by atoms with Gasteiger partial charge < -0.3 is 10.6 Å². The summed E-state index contributed by atoms with van der Waals surface area (Å²) in [5, 5.41) is 8.44. The Balaban J connectivity index is 1.71. The van der Waals surface area contributed by atoms with E-state index < -0.39 is 0 Å². The Morgan fingerprint density at radius 3 is 2.83 bits per heavy atom. The van der Waals surface area contributed by atoms with Crippen molar-refractivity contribution in [1.29, 1.82) is 0 Å². The topological polar surface area (TPSA) is 66.9 Å².